The molecule has 1 aromatic heterocycles. The molecule has 0 saturated carbocycles. The highest BCUT2D eigenvalue weighted by Crippen LogP contribution is 2.44. The molecule has 1 atom stereocenters. The second-order valence-electron chi connectivity index (χ2n) is 10.6. The fraction of sp³-hybridized carbons (Fsp3) is 0.143. The van der Waals surface area contributed by atoms with Crippen LogP contribution in [0.3, 0.4) is 0 Å². The van der Waals surface area contributed by atoms with Crippen molar-refractivity contribution in [2.45, 2.75) is 36.6 Å². The number of benzene rings is 4. The number of aliphatic hydroxyl groups is 1. The average molecular weight is 638 g/mol. The van der Waals surface area contributed by atoms with Gasteiger partial charge in [-0.15, -0.1) is 10.2 Å². The lowest BCUT2D eigenvalue weighted by Gasteiger charge is -2.22. The maximum Gasteiger partial charge on any atom is 0.301 e. The molecule has 45 heavy (non-hydrogen) atoms. The fourth-order valence-corrected chi connectivity index (χ4v) is 6.83. The number of hydrogen-bond acceptors (Lipinski definition) is 8. The Balaban J connectivity index is 1.30. The Morgan fingerprint density at radius 3 is 2.38 bits per heavy atom. The van der Waals surface area contributed by atoms with Gasteiger partial charge >= 0.3 is 5.91 Å². The number of hydrogen-bond donors (Lipinski definition) is 1. The Kier molecular flexibility index (Phi) is 8.77. The van der Waals surface area contributed by atoms with E-state index in [1.807, 2.05) is 62.4 Å². The van der Waals surface area contributed by atoms with Crippen molar-refractivity contribution in [3.63, 3.8) is 0 Å². The van der Waals surface area contributed by atoms with Gasteiger partial charge in [0.05, 0.1) is 5.57 Å². The molecule has 1 fully saturated rings. The molecule has 10 heteroatoms. The second kappa shape index (κ2) is 13.1. The summed E-state index contributed by atoms with van der Waals surface area (Å²) < 4.78 is 21.8. The van der Waals surface area contributed by atoms with E-state index < -0.39 is 29.3 Å². The summed E-state index contributed by atoms with van der Waals surface area (Å²) in [6.07, 6.45) is 0. The molecule has 1 saturated heterocycles. The van der Waals surface area contributed by atoms with Crippen LogP contribution in [0, 0.1) is 19.7 Å². The SMILES string of the molecule is Cc1ccc(CSc2nnc(N3C(=O)C(=O)/C(=C(/O)c4ccc(OCc5ccccc5C)cc4)C3c3ccccc3F)s2)cc1. The number of rotatable bonds is 9. The van der Waals surface area contributed by atoms with Gasteiger partial charge in [0.1, 0.15) is 30.0 Å². The number of aromatic nitrogens is 2. The highest BCUT2D eigenvalue weighted by molar-refractivity contribution is 8.00. The van der Waals surface area contributed by atoms with Crippen LogP contribution in [-0.2, 0) is 21.9 Å². The minimum absolute atomic E-state index is 0.0560. The van der Waals surface area contributed by atoms with Crippen LogP contribution in [0.25, 0.3) is 5.76 Å². The molecule has 5 aromatic rings. The average Bonchev–Trinajstić information content (AvgIpc) is 3.62. The number of carbonyl (C=O) groups is 2. The summed E-state index contributed by atoms with van der Waals surface area (Å²) in [4.78, 5) is 28.1. The van der Waals surface area contributed by atoms with E-state index in [1.54, 1.807) is 30.3 Å². The number of aryl methyl sites for hydroxylation is 2. The van der Waals surface area contributed by atoms with E-state index in [2.05, 4.69) is 10.2 Å². The van der Waals surface area contributed by atoms with Gasteiger partial charge in [-0.3, -0.25) is 14.5 Å². The van der Waals surface area contributed by atoms with Crippen LogP contribution in [0.4, 0.5) is 9.52 Å². The summed E-state index contributed by atoms with van der Waals surface area (Å²) in [6.45, 7) is 4.39. The number of halogens is 1. The van der Waals surface area contributed by atoms with Crippen molar-refractivity contribution in [1.82, 2.24) is 10.2 Å². The number of thioether (sulfide) groups is 1. The minimum atomic E-state index is -1.24. The van der Waals surface area contributed by atoms with Crippen LogP contribution in [0.1, 0.15) is 39.4 Å². The molecule has 1 aliphatic rings. The highest BCUT2D eigenvalue weighted by Gasteiger charge is 2.49. The predicted octanol–water partition coefficient (Wildman–Crippen LogP) is 7.79. The first kappa shape index (κ1) is 30.2. The molecule has 1 N–H and O–H groups in total. The zero-order valence-corrected chi connectivity index (χ0v) is 26.1. The predicted molar refractivity (Wildman–Crippen MR) is 174 cm³/mol. The van der Waals surface area contributed by atoms with E-state index in [0.717, 1.165) is 38.5 Å². The molecule has 226 valence electrons. The van der Waals surface area contributed by atoms with Crippen LogP contribution < -0.4 is 9.64 Å². The largest absolute Gasteiger partial charge is 0.507 e. The molecule has 6 rings (SSSR count). The van der Waals surface area contributed by atoms with Crippen molar-refractivity contribution in [3.8, 4) is 5.75 Å². The Bertz CT molecular complexity index is 1910. The maximum atomic E-state index is 15.3. The first-order chi connectivity index (χ1) is 21.8. The molecule has 1 unspecified atom stereocenters. The molecule has 1 aliphatic heterocycles. The molecular formula is C35H28FN3O4S2. The zero-order chi connectivity index (χ0) is 31.5. The van der Waals surface area contributed by atoms with Gasteiger partial charge in [0.2, 0.25) is 5.13 Å². The summed E-state index contributed by atoms with van der Waals surface area (Å²) in [5, 5.41) is 20.0. The normalized spacial score (nSPS) is 15.9. The van der Waals surface area contributed by atoms with E-state index in [1.165, 1.54) is 30.0 Å². The van der Waals surface area contributed by atoms with Crippen molar-refractivity contribution < 1.29 is 23.8 Å². The monoisotopic (exact) mass is 637 g/mol. The van der Waals surface area contributed by atoms with Crippen LogP contribution in [0.5, 0.6) is 5.75 Å². The first-order valence-corrected chi connectivity index (χ1v) is 16.0. The number of aliphatic hydroxyl groups excluding tert-OH is 1. The van der Waals surface area contributed by atoms with Gasteiger partial charge in [-0.2, -0.15) is 0 Å². The van der Waals surface area contributed by atoms with E-state index in [-0.39, 0.29) is 21.8 Å². The molecular weight excluding hydrogens is 610 g/mol. The molecule has 0 spiro atoms. The summed E-state index contributed by atoms with van der Waals surface area (Å²) >= 11 is 2.57. The highest BCUT2D eigenvalue weighted by atomic mass is 32.2. The maximum absolute atomic E-state index is 15.3. The van der Waals surface area contributed by atoms with Crippen LogP contribution in [0.2, 0.25) is 0 Å². The van der Waals surface area contributed by atoms with Crippen LogP contribution in [-0.4, -0.2) is 27.0 Å². The molecule has 7 nitrogen and oxygen atoms in total. The quantitative estimate of drug-likeness (QED) is 0.0580. The number of ketones is 1. The number of amides is 1. The number of ether oxygens (including phenoxy) is 1. The second-order valence-corrected chi connectivity index (χ2v) is 12.7. The lowest BCUT2D eigenvalue weighted by molar-refractivity contribution is -0.132. The molecule has 0 bridgehead atoms. The topological polar surface area (TPSA) is 92.6 Å². The Hall–Kier alpha value is -4.80. The molecule has 2 heterocycles. The Morgan fingerprint density at radius 2 is 1.64 bits per heavy atom. The smallest absolute Gasteiger partial charge is 0.301 e. The summed E-state index contributed by atoms with van der Waals surface area (Å²) in [7, 11) is 0. The summed E-state index contributed by atoms with van der Waals surface area (Å²) in [5.41, 5.74) is 4.51. The van der Waals surface area contributed by atoms with Crippen molar-refractivity contribution >= 4 is 45.7 Å². The number of Topliss-reactive ketones (excluding diaryl/α,β-unsaturated/α-hetero) is 1. The lowest BCUT2D eigenvalue weighted by atomic mass is 9.95. The van der Waals surface area contributed by atoms with Crippen LogP contribution in [0.15, 0.2) is 107 Å². The van der Waals surface area contributed by atoms with Crippen molar-refractivity contribution in [1.29, 1.82) is 0 Å². The van der Waals surface area contributed by atoms with Gasteiger partial charge in [0, 0.05) is 16.9 Å². The van der Waals surface area contributed by atoms with Crippen molar-refractivity contribution in [2.24, 2.45) is 0 Å². The third-order valence-corrected chi connectivity index (χ3v) is 9.64. The van der Waals surface area contributed by atoms with Gasteiger partial charge in [-0.25, -0.2) is 4.39 Å². The third-order valence-electron chi connectivity index (χ3n) is 7.51. The first-order valence-electron chi connectivity index (χ1n) is 14.1. The van der Waals surface area contributed by atoms with E-state index >= 15 is 4.39 Å². The molecule has 0 radical (unpaired) electrons. The Morgan fingerprint density at radius 1 is 0.933 bits per heavy atom. The number of carbonyl (C=O) groups excluding carboxylic acids is 2. The van der Waals surface area contributed by atoms with Gasteiger partial charge in [-0.05, 0) is 60.9 Å². The van der Waals surface area contributed by atoms with Gasteiger partial charge in [0.25, 0.3) is 5.78 Å². The molecule has 1 amide bonds. The Labute approximate surface area is 268 Å². The van der Waals surface area contributed by atoms with Gasteiger partial charge in [0.15, 0.2) is 4.34 Å². The standard InChI is InChI=1S/C35H28FN3O4S2/c1-21-11-13-23(14-12-21)20-44-35-38-37-34(45-35)39-30(27-9-5-6-10-28(27)36)29(32(41)33(39)42)31(40)24-15-17-26(18-16-24)43-19-25-8-4-3-7-22(25)2/h3-18,30,40H,19-20H2,1-2H3/b31-29+. The molecule has 4 aromatic carbocycles. The minimum Gasteiger partial charge on any atom is -0.507 e. The number of nitrogens with zero attached hydrogens (tertiary/aromatic N) is 3. The van der Waals surface area contributed by atoms with Gasteiger partial charge in [-0.1, -0.05) is 95.4 Å². The van der Waals surface area contributed by atoms with E-state index in [4.69, 9.17) is 4.74 Å². The zero-order valence-electron chi connectivity index (χ0n) is 24.4. The van der Waals surface area contributed by atoms with E-state index in [9.17, 15) is 14.7 Å². The third kappa shape index (κ3) is 6.38. The summed E-state index contributed by atoms with van der Waals surface area (Å²) in [5.74, 6) is -1.72. The molecule has 0 aliphatic carbocycles. The van der Waals surface area contributed by atoms with E-state index in [0.29, 0.717) is 22.4 Å². The lowest BCUT2D eigenvalue weighted by Crippen LogP contribution is -2.29. The van der Waals surface area contributed by atoms with Crippen molar-refractivity contribution in [3.05, 3.63) is 142 Å². The van der Waals surface area contributed by atoms with Crippen molar-refractivity contribution in [2.75, 3.05) is 4.90 Å². The summed E-state index contributed by atoms with van der Waals surface area (Å²) in [6, 6.07) is 27.2. The van der Waals surface area contributed by atoms with Crippen LogP contribution >= 0.6 is 23.1 Å². The number of anilines is 1. The fourth-order valence-electron chi connectivity index (χ4n) is 5.01. The van der Waals surface area contributed by atoms with Gasteiger partial charge < -0.3 is 9.84 Å².